The molecule has 0 bridgehead atoms. The standard InChI is InChI=1S/C9H10O.C2H4O2/c1-4-7-8(5-2)9(10)6-3;1-2(3)4/h3-4,9-10H,1-2,7H2;1H3,(H,3,4)/t9-;/m1./s1. The van der Waals surface area contributed by atoms with E-state index in [1.54, 1.807) is 6.08 Å². The molecule has 0 aromatic heterocycles. The van der Waals surface area contributed by atoms with Crippen molar-refractivity contribution in [3.05, 3.63) is 30.5 Å². The summed E-state index contributed by atoms with van der Waals surface area (Å²) < 4.78 is 0. The molecule has 0 aliphatic rings. The van der Waals surface area contributed by atoms with Crippen LogP contribution in [-0.2, 0) is 4.79 Å². The smallest absolute Gasteiger partial charge is 0.300 e. The molecule has 0 aliphatic carbocycles. The average Bonchev–Trinajstić information content (AvgIpc) is 2.12. The molecular formula is C11H14O3. The number of carboxylic acid groups (broad SMARTS) is 1. The first-order valence-corrected chi connectivity index (χ1v) is 3.83. The van der Waals surface area contributed by atoms with E-state index in [4.69, 9.17) is 21.4 Å². The molecule has 0 amide bonds. The minimum absolute atomic E-state index is 0.537. The second kappa shape index (κ2) is 9.34. The molecule has 0 saturated heterocycles. The van der Waals surface area contributed by atoms with Gasteiger partial charge in [0.25, 0.3) is 5.97 Å². The summed E-state index contributed by atoms with van der Waals surface area (Å²) >= 11 is 0. The van der Waals surface area contributed by atoms with Gasteiger partial charge in [0, 0.05) is 12.5 Å². The highest BCUT2D eigenvalue weighted by Crippen LogP contribution is 2.04. The van der Waals surface area contributed by atoms with Crippen molar-refractivity contribution in [2.75, 3.05) is 0 Å². The number of hydrogen-bond acceptors (Lipinski definition) is 2. The predicted molar refractivity (Wildman–Crippen MR) is 55.6 cm³/mol. The summed E-state index contributed by atoms with van der Waals surface area (Å²) in [7, 11) is 0. The summed E-state index contributed by atoms with van der Waals surface area (Å²) in [6, 6.07) is 0. The fraction of sp³-hybridized carbons (Fsp3) is 0.273. The van der Waals surface area contributed by atoms with E-state index < -0.39 is 12.1 Å². The molecule has 2 N–H and O–H groups in total. The Balaban J connectivity index is 0. The molecule has 0 unspecified atom stereocenters. The van der Waals surface area contributed by atoms with Gasteiger partial charge in [0.1, 0.15) is 6.10 Å². The lowest BCUT2D eigenvalue weighted by Crippen LogP contribution is -2.04. The van der Waals surface area contributed by atoms with Gasteiger partial charge < -0.3 is 10.2 Å². The summed E-state index contributed by atoms with van der Waals surface area (Å²) in [6.45, 7) is 7.96. The highest BCUT2D eigenvalue weighted by atomic mass is 16.4. The maximum Gasteiger partial charge on any atom is 0.300 e. The van der Waals surface area contributed by atoms with Crippen molar-refractivity contribution in [1.29, 1.82) is 0 Å². The van der Waals surface area contributed by atoms with Gasteiger partial charge in [-0.1, -0.05) is 18.6 Å². The summed E-state index contributed by atoms with van der Waals surface area (Å²) in [4.78, 5) is 9.00. The summed E-state index contributed by atoms with van der Waals surface area (Å²) in [5, 5.41) is 16.4. The third kappa shape index (κ3) is 10.2. The molecule has 0 spiro atoms. The number of aliphatic hydroxyl groups is 1. The van der Waals surface area contributed by atoms with Crippen molar-refractivity contribution in [1.82, 2.24) is 0 Å². The molecule has 14 heavy (non-hydrogen) atoms. The Labute approximate surface area is 84.1 Å². The van der Waals surface area contributed by atoms with Crippen LogP contribution in [0.2, 0.25) is 0 Å². The van der Waals surface area contributed by atoms with Gasteiger partial charge in [-0.2, -0.15) is 0 Å². The van der Waals surface area contributed by atoms with Crippen LogP contribution in [-0.4, -0.2) is 22.3 Å². The van der Waals surface area contributed by atoms with Crippen LogP contribution in [0.5, 0.6) is 0 Å². The number of terminal acetylenes is 1. The molecule has 0 fully saturated rings. The molecule has 3 nitrogen and oxygen atoms in total. The lowest BCUT2D eigenvalue weighted by atomic mass is 10.1. The Morgan fingerprint density at radius 1 is 1.71 bits per heavy atom. The average molecular weight is 194 g/mol. The van der Waals surface area contributed by atoms with Crippen LogP contribution in [0.4, 0.5) is 0 Å². The van der Waals surface area contributed by atoms with Gasteiger partial charge in [-0.25, -0.2) is 0 Å². The fourth-order valence-corrected chi connectivity index (χ4v) is 0.537. The molecule has 3 heteroatoms. The van der Waals surface area contributed by atoms with Crippen LogP contribution in [0, 0.1) is 12.3 Å². The second-order valence-electron chi connectivity index (χ2n) is 2.28. The molecular weight excluding hydrogens is 180 g/mol. The summed E-state index contributed by atoms with van der Waals surface area (Å²) in [6.07, 6.45) is 6.27. The highest BCUT2D eigenvalue weighted by Gasteiger charge is 2.02. The molecule has 0 rings (SSSR count). The van der Waals surface area contributed by atoms with Gasteiger partial charge in [0.05, 0.1) is 0 Å². The Morgan fingerprint density at radius 2 is 2.14 bits per heavy atom. The Bertz CT molecular complexity index is 273. The lowest BCUT2D eigenvalue weighted by molar-refractivity contribution is -0.134. The number of carbonyl (C=O) groups is 1. The van der Waals surface area contributed by atoms with E-state index in [1.807, 2.05) is 0 Å². The van der Waals surface area contributed by atoms with E-state index in [2.05, 4.69) is 24.8 Å². The Morgan fingerprint density at radius 3 is 2.36 bits per heavy atom. The van der Waals surface area contributed by atoms with Crippen molar-refractivity contribution in [2.45, 2.75) is 19.4 Å². The molecule has 0 heterocycles. The van der Waals surface area contributed by atoms with Gasteiger partial charge in [-0.05, 0) is 6.42 Å². The number of carboxylic acids is 1. The zero-order valence-electron chi connectivity index (χ0n) is 8.16. The molecule has 0 aliphatic heterocycles. The van der Waals surface area contributed by atoms with Gasteiger partial charge in [0.2, 0.25) is 0 Å². The zero-order valence-corrected chi connectivity index (χ0v) is 8.16. The van der Waals surface area contributed by atoms with E-state index in [0.29, 0.717) is 12.0 Å². The largest absolute Gasteiger partial charge is 0.481 e. The maximum absolute atomic E-state index is 9.03. The van der Waals surface area contributed by atoms with Crippen molar-refractivity contribution >= 4 is 5.97 Å². The van der Waals surface area contributed by atoms with Crippen LogP contribution in [0.3, 0.4) is 0 Å². The Kier molecular flexibility index (Phi) is 9.84. The van der Waals surface area contributed by atoms with Crippen molar-refractivity contribution in [2.24, 2.45) is 0 Å². The minimum atomic E-state index is -0.865. The monoisotopic (exact) mass is 194 g/mol. The van der Waals surface area contributed by atoms with Crippen LogP contribution < -0.4 is 0 Å². The fourth-order valence-electron chi connectivity index (χ4n) is 0.537. The third-order valence-electron chi connectivity index (χ3n) is 1.08. The van der Waals surface area contributed by atoms with E-state index in [-0.39, 0.29) is 0 Å². The minimum Gasteiger partial charge on any atom is -0.481 e. The van der Waals surface area contributed by atoms with E-state index in [9.17, 15) is 0 Å². The van der Waals surface area contributed by atoms with Crippen LogP contribution in [0.1, 0.15) is 13.3 Å². The first-order valence-electron chi connectivity index (χ1n) is 3.83. The molecule has 0 radical (unpaired) electrons. The molecule has 0 aromatic rings. The molecule has 0 saturated carbocycles. The van der Waals surface area contributed by atoms with Gasteiger partial charge in [-0.15, -0.1) is 18.7 Å². The van der Waals surface area contributed by atoms with Crippen LogP contribution >= 0.6 is 0 Å². The first-order chi connectivity index (χ1) is 6.49. The molecule has 1 atom stereocenters. The second-order valence-corrected chi connectivity index (χ2v) is 2.28. The number of allylic oxidation sites excluding steroid dienone is 1. The van der Waals surface area contributed by atoms with Crippen LogP contribution in [0.25, 0.3) is 0 Å². The molecule has 76 valence electrons. The predicted octanol–water partition coefficient (Wildman–Crippen LogP) is 1.36. The van der Waals surface area contributed by atoms with Gasteiger partial charge in [-0.3, -0.25) is 4.79 Å². The summed E-state index contributed by atoms with van der Waals surface area (Å²) in [5.74, 6) is 1.34. The van der Waals surface area contributed by atoms with E-state index in [1.165, 1.54) is 0 Å². The summed E-state index contributed by atoms with van der Waals surface area (Å²) in [5.41, 5.74) is 3.15. The van der Waals surface area contributed by atoms with Crippen LogP contribution in [0.15, 0.2) is 30.5 Å². The normalized spacial score (nSPS) is 9.50. The van der Waals surface area contributed by atoms with Gasteiger partial charge >= 0.3 is 0 Å². The van der Waals surface area contributed by atoms with Crippen molar-refractivity contribution in [3.8, 4) is 12.3 Å². The van der Waals surface area contributed by atoms with E-state index >= 15 is 0 Å². The number of aliphatic hydroxyl groups excluding tert-OH is 1. The SMILES string of the molecule is C#C[C@@H](O)C(=C=C)CC=C.CC(=O)O. The number of aliphatic carboxylic acids is 1. The topological polar surface area (TPSA) is 57.5 Å². The quantitative estimate of drug-likeness (QED) is 0.405. The number of hydrogen-bond donors (Lipinski definition) is 2. The number of rotatable bonds is 3. The van der Waals surface area contributed by atoms with Crippen molar-refractivity contribution in [3.63, 3.8) is 0 Å². The Hall–Kier alpha value is -1.75. The van der Waals surface area contributed by atoms with Crippen molar-refractivity contribution < 1.29 is 15.0 Å². The lowest BCUT2D eigenvalue weighted by Gasteiger charge is -2.01. The highest BCUT2D eigenvalue weighted by molar-refractivity contribution is 5.62. The van der Waals surface area contributed by atoms with Gasteiger partial charge in [0.15, 0.2) is 0 Å². The van der Waals surface area contributed by atoms with E-state index in [0.717, 1.165) is 6.92 Å². The zero-order chi connectivity index (χ0) is 11.6. The maximum atomic E-state index is 9.03. The molecule has 0 aromatic carbocycles. The third-order valence-corrected chi connectivity index (χ3v) is 1.08. The first kappa shape index (κ1) is 14.8.